The second-order valence-corrected chi connectivity index (χ2v) is 14.0. The van der Waals surface area contributed by atoms with Crippen molar-refractivity contribution < 1.29 is 38.0 Å². The molecule has 51 heavy (non-hydrogen) atoms. The Balaban J connectivity index is 2.55. The Bertz CT molecular complexity index is 1380. The van der Waals surface area contributed by atoms with Crippen molar-refractivity contribution >= 4 is 6.09 Å². The third-order valence-corrected chi connectivity index (χ3v) is 8.81. The molecule has 10 nitrogen and oxygen atoms in total. The molecule has 0 aliphatic carbocycles. The van der Waals surface area contributed by atoms with Crippen LogP contribution in [0.5, 0.6) is 34.5 Å². The van der Waals surface area contributed by atoms with Crippen LogP contribution in [0.4, 0.5) is 4.79 Å². The van der Waals surface area contributed by atoms with Gasteiger partial charge in [-0.15, -0.1) is 0 Å². The van der Waals surface area contributed by atoms with Crippen LogP contribution in [0.2, 0.25) is 0 Å². The summed E-state index contributed by atoms with van der Waals surface area (Å²) in [6.07, 6.45) is 9.26. The number of unbranched alkanes of at least 4 members (excludes halogenated alkanes) is 4. The van der Waals surface area contributed by atoms with Gasteiger partial charge < -0.3 is 38.5 Å². The lowest BCUT2D eigenvalue weighted by Crippen LogP contribution is -2.40. The standard InChI is InChI=1S/C41H64N2O8/c1-11-14-16-24-49-35-27-30(36(50-25-17-15-12-2)38(48-10)37(35)47-9)26-32(43-39(44)51-40(4,5)6)19-18-23-41(29-42,22-13-3)31-20-21-33(45-7)34(28-31)46-8/h20-21,27-28,32H,11-19,22-26H2,1-10H3,(H,43,44)/t32-,41?/m0/s1. The molecule has 2 aromatic carbocycles. The van der Waals surface area contributed by atoms with Crippen LogP contribution in [0.1, 0.15) is 123 Å². The van der Waals surface area contributed by atoms with Crippen LogP contribution in [0.3, 0.4) is 0 Å². The van der Waals surface area contributed by atoms with E-state index >= 15 is 0 Å². The number of carbonyl (C=O) groups is 1. The molecule has 0 radical (unpaired) electrons. The molecule has 2 aromatic rings. The van der Waals surface area contributed by atoms with Gasteiger partial charge in [0.2, 0.25) is 11.5 Å². The number of nitriles is 1. The van der Waals surface area contributed by atoms with Gasteiger partial charge in [0, 0.05) is 11.6 Å². The lowest BCUT2D eigenvalue weighted by atomic mass is 9.74. The molecule has 0 bridgehead atoms. The maximum Gasteiger partial charge on any atom is 0.407 e. The van der Waals surface area contributed by atoms with E-state index in [1.165, 1.54) is 0 Å². The van der Waals surface area contributed by atoms with Crippen molar-refractivity contribution in [1.29, 1.82) is 5.26 Å². The summed E-state index contributed by atoms with van der Waals surface area (Å²) in [4.78, 5) is 13.2. The highest BCUT2D eigenvalue weighted by Crippen LogP contribution is 2.48. The molecule has 2 rings (SSSR count). The number of methoxy groups -OCH3 is 4. The summed E-state index contributed by atoms with van der Waals surface area (Å²) >= 11 is 0. The summed E-state index contributed by atoms with van der Waals surface area (Å²) in [5, 5.41) is 13.8. The summed E-state index contributed by atoms with van der Waals surface area (Å²) in [5.41, 5.74) is 0.292. The van der Waals surface area contributed by atoms with Crippen LogP contribution >= 0.6 is 0 Å². The molecule has 1 N–H and O–H groups in total. The molecule has 0 aromatic heterocycles. The van der Waals surface area contributed by atoms with Crippen molar-refractivity contribution in [3.05, 3.63) is 35.4 Å². The molecule has 0 spiro atoms. The van der Waals surface area contributed by atoms with Crippen molar-refractivity contribution in [3.63, 3.8) is 0 Å². The Morgan fingerprint density at radius 3 is 1.94 bits per heavy atom. The van der Waals surface area contributed by atoms with E-state index in [0.717, 1.165) is 56.1 Å². The van der Waals surface area contributed by atoms with Crippen molar-refractivity contribution in [3.8, 4) is 40.6 Å². The number of rotatable bonds is 24. The summed E-state index contributed by atoms with van der Waals surface area (Å²) < 4.78 is 41.2. The highest BCUT2D eigenvalue weighted by atomic mass is 16.6. The van der Waals surface area contributed by atoms with Crippen molar-refractivity contribution in [2.45, 2.75) is 136 Å². The lowest BCUT2D eigenvalue weighted by Gasteiger charge is -2.29. The Hall–Kier alpha value is -4.00. The lowest BCUT2D eigenvalue weighted by molar-refractivity contribution is 0.0500. The van der Waals surface area contributed by atoms with Gasteiger partial charge in [-0.3, -0.25) is 0 Å². The van der Waals surface area contributed by atoms with Gasteiger partial charge in [-0.05, 0) is 89.5 Å². The highest BCUT2D eigenvalue weighted by molar-refractivity contribution is 5.68. The Morgan fingerprint density at radius 2 is 1.39 bits per heavy atom. The van der Waals surface area contributed by atoms with Gasteiger partial charge >= 0.3 is 6.09 Å². The zero-order chi connectivity index (χ0) is 37.9. The smallest absolute Gasteiger partial charge is 0.407 e. The van der Waals surface area contributed by atoms with E-state index in [4.69, 9.17) is 33.2 Å². The van der Waals surface area contributed by atoms with Gasteiger partial charge in [-0.25, -0.2) is 4.79 Å². The van der Waals surface area contributed by atoms with Crippen LogP contribution in [0.25, 0.3) is 0 Å². The van der Waals surface area contributed by atoms with Crippen molar-refractivity contribution in [1.82, 2.24) is 5.32 Å². The SMILES string of the molecule is CCCCCOc1cc(C[C@H](CCCC(C#N)(CCC)c2ccc(OC)c(OC)c2)NC(=O)OC(C)(C)C)c(OCCCCC)c(OC)c1OC. The Morgan fingerprint density at radius 1 is 0.745 bits per heavy atom. The molecule has 2 atom stereocenters. The number of amides is 1. The summed E-state index contributed by atoms with van der Waals surface area (Å²) in [6.45, 7) is 13.0. The fourth-order valence-corrected chi connectivity index (χ4v) is 6.27. The van der Waals surface area contributed by atoms with Crippen LogP contribution in [0.15, 0.2) is 24.3 Å². The summed E-state index contributed by atoms with van der Waals surface area (Å²) in [7, 11) is 6.39. The molecule has 0 saturated heterocycles. The molecule has 0 saturated carbocycles. The average molecular weight is 713 g/mol. The number of ether oxygens (including phenoxy) is 7. The summed E-state index contributed by atoms with van der Waals surface area (Å²) in [6, 6.07) is 9.95. The largest absolute Gasteiger partial charge is 0.493 e. The minimum absolute atomic E-state index is 0.354. The van der Waals surface area contributed by atoms with E-state index in [9.17, 15) is 10.1 Å². The number of nitrogens with one attached hydrogen (secondary N) is 1. The molecule has 0 heterocycles. The number of hydrogen-bond acceptors (Lipinski definition) is 9. The van der Waals surface area contributed by atoms with Gasteiger partial charge in [-0.1, -0.05) is 58.9 Å². The van der Waals surface area contributed by atoms with Crippen LogP contribution in [0, 0.1) is 11.3 Å². The second kappa shape index (κ2) is 22.0. The van der Waals surface area contributed by atoms with Gasteiger partial charge in [-0.2, -0.15) is 5.26 Å². The van der Waals surface area contributed by atoms with E-state index in [0.29, 0.717) is 79.8 Å². The first kappa shape index (κ1) is 43.2. The van der Waals surface area contributed by atoms with Gasteiger partial charge in [0.05, 0.1) is 53.1 Å². The quantitative estimate of drug-likeness (QED) is 0.106. The zero-order valence-electron chi connectivity index (χ0n) is 33.0. The molecule has 1 unspecified atom stereocenters. The minimum atomic E-state index is -0.749. The fourth-order valence-electron chi connectivity index (χ4n) is 6.27. The second-order valence-electron chi connectivity index (χ2n) is 14.0. The molecular formula is C41H64N2O8. The maximum absolute atomic E-state index is 13.2. The Kier molecular flexibility index (Phi) is 18.7. The number of nitrogens with zero attached hydrogens (tertiary/aromatic N) is 1. The number of alkyl carbamates (subject to hydrolysis) is 1. The monoisotopic (exact) mass is 712 g/mol. The first-order valence-corrected chi connectivity index (χ1v) is 18.6. The number of carbonyl (C=O) groups excluding carboxylic acids is 1. The molecule has 0 fully saturated rings. The predicted molar refractivity (Wildman–Crippen MR) is 202 cm³/mol. The molecule has 286 valence electrons. The third-order valence-electron chi connectivity index (χ3n) is 8.81. The minimum Gasteiger partial charge on any atom is -0.493 e. The van der Waals surface area contributed by atoms with Crippen molar-refractivity contribution in [2.24, 2.45) is 0 Å². The molecule has 0 aliphatic heterocycles. The third kappa shape index (κ3) is 13.2. The summed E-state index contributed by atoms with van der Waals surface area (Å²) in [5.74, 6) is 3.29. The normalized spacial score (nSPS) is 13.0. The first-order chi connectivity index (χ1) is 24.5. The van der Waals surface area contributed by atoms with E-state index in [1.807, 2.05) is 45.0 Å². The number of benzene rings is 2. The molecule has 0 aliphatic rings. The predicted octanol–water partition coefficient (Wildman–Crippen LogP) is 9.73. The average Bonchev–Trinajstić information content (AvgIpc) is 3.10. The molecule has 10 heteroatoms. The number of hydrogen-bond donors (Lipinski definition) is 1. The topological polar surface area (TPSA) is 118 Å². The van der Waals surface area contributed by atoms with Gasteiger partial charge in [0.25, 0.3) is 0 Å². The van der Waals surface area contributed by atoms with Crippen LogP contribution < -0.4 is 33.7 Å². The van der Waals surface area contributed by atoms with E-state index in [2.05, 4.69) is 32.2 Å². The van der Waals surface area contributed by atoms with Crippen molar-refractivity contribution in [2.75, 3.05) is 41.7 Å². The van der Waals surface area contributed by atoms with E-state index in [1.54, 1.807) is 28.4 Å². The van der Waals surface area contributed by atoms with Gasteiger partial charge in [0.15, 0.2) is 23.0 Å². The highest BCUT2D eigenvalue weighted by Gasteiger charge is 2.33. The van der Waals surface area contributed by atoms with Gasteiger partial charge in [0.1, 0.15) is 5.60 Å². The fraction of sp³-hybridized carbons (Fsp3) is 0.659. The first-order valence-electron chi connectivity index (χ1n) is 18.6. The van der Waals surface area contributed by atoms with Crippen LogP contribution in [-0.4, -0.2) is 59.4 Å². The molecular weight excluding hydrogens is 648 g/mol. The Labute approximate surface area is 307 Å². The molecule has 1 amide bonds. The van der Waals surface area contributed by atoms with E-state index < -0.39 is 17.1 Å². The maximum atomic E-state index is 13.2. The van der Waals surface area contributed by atoms with Crippen LogP contribution in [-0.2, 0) is 16.6 Å². The van der Waals surface area contributed by atoms with E-state index in [-0.39, 0.29) is 6.04 Å². The zero-order valence-corrected chi connectivity index (χ0v) is 33.0.